The number of nitro benzene ring substituents is 1. The normalized spacial score (nSPS) is 10.5. The molecule has 1 aromatic rings. The van der Waals surface area contributed by atoms with Crippen LogP contribution in [0.4, 0.5) is 5.69 Å². The first kappa shape index (κ1) is 9.41. The highest BCUT2D eigenvalue weighted by Gasteiger charge is 2.08. The lowest BCUT2D eigenvalue weighted by Crippen LogP contribution is -1.94. The molecule has 0 saturated heterocycles. The van der Waals surface area contributed by atoms with Crippen LogP contribution in [0.3, 0.4) is 0 Å². The summed E-state index contributed by atoms with van der Waals surface area (Å²) in [5, 5.41) is 10.5. The Bertz CT molecular complexity index is 334. The third-order valence-electron chi connectivity index (χ3n) is 1.57. The third kappa shape index (κ3) is 2.38. The first-order chi connectivity index (χ1) is 6.25. The predicted molar refractivity (Wildman–Crippen MR) is 51.2 cm³/mol. The highest BCUT2D eigenvalue weighted by molar-refractivity contribution is 5.60. The standard InChI is InChI=1S/C9H10N2O2/c10-7-3-5-8-4-1-2-6-9(8)11(12)13/h1-6H,7,10H2/b5-3+. The van der Waals surface area contributed by atoms with E-state index in [1.54, 1.807) is 30.4 Å². The number of hydrogen-bond donors (Lipinski definition) is 1. The van der Waals surface area contributed by atoms with Gasteiger partial charge in [-0.05, 0) is 6.07 Å². The van der Waals surface area contributed by atoms with Crippen molar-refractivity contribution in [2.24, 2.45) is 5.73 Å². The van der Waals surface area contributed by atoms with Gasteiger partial charge in [0.15, 0.2) is 0 Å². The van der Waals surface area contributed by atoms with Crippen molar-refractivity contribution in [1.82, 2.24) is 0 Å². The second-order valence-corrected chi connectivity index (χ2v) is 2.45. The SMILES string of the molecule is NC/C=C/c1ccccc1[N+](=O)[O-]. The molecular weight excluding hydrogens is 168 g/mol. The highest BCUT2D eigenvalue weighted by atomic mass is 16.6. The third-order valence-corrected chi connectivity index (χ3v) is 1.57. The van der Waals surface area contributed by atoms with Crippen LogP contribution in [0.15, 0.2) is 30.3 Å². The van der Waals surface area contributed by atoms with Gasteiger partial charge in [0.25, 0.3) is 5.69 Å². The van der Waals surface area contributed by atoms with Crippen LogP contribution in [-0.4, -0.2) is 11.5 Å². The molecule has 0 atom stereocenters. The van der Waals surface area contributed by atoms with Gasteiger partial charge in [0, 0.05) is 12.6 Å². The zero-order chi connectivity index (χ0) is 9.68. The van der Waals surface area contributed by atoms with E-state index in [0.29, 0.717) is 12.1 Å². The molecule has 0 unspecified atom stereocenters. The minimum absolute atomic E-state index is 0.104. The maximum Gasteiger partial charge on any atom is 0.276 e. The number of nitrogens with zero attached hydrogens (tertiary/aromatic N) is 1. The van der Waals surface area contributed by atoms with Crippen LogP contribution >= 0.6 is 0 Å². The average Bonchev–Trinajstić information content (AvgIpc) is 2.15. The van der Waals surface area contributed by atoms with Crippen LogP contribution in [0.25, 0.3) is 6.08 Å². The van der Waals surface area contributed by atoms with Crippen molar-refractivity contribution < 1.29 is 4.92 Å². The molecule has 0 radical (unpaired) electrons. The fourth-order valence-electron chi connectivity index (χ4n) is 0.990. The lowest BCUT2D eigenvalue weighted by molar-refractivity contribution is -0.385. The largest absolute Gasteiger partial charge is 0.327 e. The molecule has 0 amide bonds. The number of hydrogen-bond acceptors (Lipinski definition) is 3. The van der Waals surface area contributed by atoms with Crippen LogP contribution in [0, 0.1) is 10.1 Å². The molecule has 0 spiro atoms. The molecule has 1 rings (SSSR count). The van der Waals surface area contributed by atoms with E-state index in [2.05, 4.69) is 0 Å². The molecule has 0 fully saturated rings. The number of benzene rings is 1. The lowest BCUT2D eigenvalue weighted by atomic mass is 10.1. The molecule has 2 N–H and O–H groups in total. The van der Waals surface area contributed by atoms with Crippen molar-refractivity contribution in [1.29, 1.82) is 0 Å². The van der Waals surface area contributed by atoms with Gasteiger partial charge in [-0.1, -0.05) is 24.3 Å². The van der Waals surface area contributed by atoms with Gasteiger partial charge in [-0.3, -0.25) is 10.1 Å². The highest BCUT2D eigenvalue weighted by Crippen LogP contribution is 2.18. The van der Waals surface area contributed by atoms with Crippen molar-refractivity contribution in [2.45, 2.75) is 0 Å². The van der Waals surface area contributed by atoms with Crippen LogP contribution in [-0.2, 0) is 0 Å². The molecule has 0 bridgehead atoms. The zero-order valence-electron chi connectivity index (χ0n) is 7.01. The van der Waals surface area contributed by atoms with E-state index in [1.165, 1.54) is 6.07 Å². The van der Waals surface area contributed by atoms with Gasteiger partial charge >= 0.3 is 0 Å². The maximum absolute atomic E-state index is 10.5. The summed E-state index contributed by atoms with van der Waals surface area (Å²) in [4.78, 5) is 10.1. The van der Waals surface area contributed by atoms with Crippen molar-refractivity contribution in [3.8, 4) is 0 Å². The van der Waals surface area contributed by atoms with Gasteiger partial charge in [-0.2, -0.15) is 0 Å². The molecule has 4 heteroatoms. The van der Waals surface area contributed by atoms with Crippen molar-refractivity contribution >= 4 is 11.8 Å². The van der Waals surface area contributed by atoms with Crippen LogP contribution in [0.1, 0.15) is 5.56 Å². The maximum atomic E-state index is 10.5. The number of nitrogens with two attached hydrogens (primary N) is 1. The summed E-state index contributed by atoms with van der Waals surface area (Å²) in [6.07, 6.45) is 3.33. The van der Waals surface area contributed by atoms with E-state index >= 15 is 0 Å². The van der Waals surface area contributed by atoms with Gasteiger partial charge in [-0.25, -0.2) is 0 Å². The molecule has 68 valence electrons. The summed E-state index contributed by atoms with van der Waals surface area (Å²) in [6, 6.07) is 6.54. The van der Waals surface area contributed by atoms with Gasteiger partial charge in [0.2, 0.25) is 0 Å². The second kappa shape index (κ2) is 4.37. The molecule has 0 aromatic heterocycles. The van der Waals surface area contributed by atoms with Crippen molar-refractivity contribution in [3.05, 3.63) is 46.0 Å². The Balaban J connectivity index is 3.05. The Hall–Kier alpha value is -1.68. The van der Waals surface area contributed by atoms with Gasteiger partial charge in [-0.15, -0.1) is 0 Å². The summed E-state index contributed by atoms with van der Waals surface area (Å²) >= 11 is 0. The molecule has 0 aliphatic heterocycles. The summed E-state index contributed by atoms with van der Waals surface area (Å²) in [6.45, 7) is 0.381. The van der Waals surface area contributed by atoms with E-state index in [9.17, 15) is 10.1 Å². The Labute approximate surface area is 75.8 Å². The Morgan fingerprint density at radius 3 is 2.77 bits per heavy atom. The fourth-order valence-corrected chi connectivity index (χ4v) is 0.990. The summed E-state index contributed by atoms with van der Waals surface area (Å²) in [7, 11) is 0. The first-order valence-corrected chi connectivity index (χ1v) is 3.85. The topological polar surface area (TPSA) is 69.2 Å². The monoisotopic (exact) mass is 178 g/mol. The van der Waals surface area contributed by atoms with Crippen LogP contribution in [0.2, 0.25) is 0 Å². The number of nitro groups is 1. The Morgan fingerprint density at radius 2 is 2.15 bits per heavy atom. The predicted octanol–water partition coefficient (Wildman–Crippen LogP) is 1.57. The van der Waals surface area contributed by atoms with E-state index in [4.69, 9.17) is 5.73 Å². The minimum Gasteiger partial charge on any atom is -0.327 e. The number of para-hydroxylation sites is 1. The van der Waals surface area contributed by atoms with Crippen molar-refractivity contribution in [2.75, 3.05) is 6.54 Å². The van der Waals surface area contributed by atoms with Crippen molar-refractivity contribution in [3.63, 3.8) is 0 Å². The van der Waals surface area contributed by atoms with E-state index in [-0.39, 0.29) is 5.69 Å². The molecular formula is C9H10N2O2. The van der Waals surface area contributed by atoms with E-state index in [1.807, 2.05) is 0 Å². The van der Waals surface area contributed by atoms with Crippen LogP contribution in [0.5, 0.6) is 0 Å². The molecule has 0 aliphatic rings. The lowest BCUT2D eigenvalue weighted by Gasteiger charge is -1.95. The smallest absolute Gasteiger partial charge is 0.276 e. The molecule has 4 nitrogen and oxygen atoms in total. The fraction of sp³-hybridized carbons (Fsp3) is 0.111. The van der Waals surface area contributed by atoms with Gasteiger partial charge in [0.05, 0.1) is 10.5 Å². The van der Waals surface area contributed by atoms with Gasteiger partial charge in [0.1, 0.15) is 0 Å². The zero-order valence-corrected chi connectivity index (χ0v) is 7.01. The molecule has 13 heavy (non-hydrogen) atoms. The minimum atomic E-state index is -0.407. The van der Waals surface area contributed by atoms with E-state index in [0.717, 1.165) is 0 Å². The Kier molecular flexibility index (Phi) is 3.16. The molecule has 1 aromatic carbocycles. The average molecular weight is 178 g/mol. The van der Waals surface area contributed by atoms with E-state index < -0.39 is 4.92 Å². The molecule has 0 aliphatic carbocycles. The molecule has 0 saturated carbocycles. The number of rotatable bonds is 3. The molecule has 0 heterocycles. The Morgan fingerprint density at radius 1 is 1.46 bits per heavy atom. The summed E-state index contributed by atoms with van der Waals surface area (Å²) in [5.74, 6) is 0. The van der Waals surface area contributed by atoms with Gasteiger partial charge < -0.3 is 5.73 Å². The second-order valence-electron chi connectivity index (χ2n) is 2.45. The quantitative estimate of drug-likeness (QED) is 0.564. The summed E-state index contributed by atoms with van der Waals surface area (Å²) < 4.78 is 0. The summed E-state index contributed by atoms with van der Waals surface area (Å²) in [5.41, 5.74) is 5.93. The first-order valence-electron chi connectivity index (χ1n) is 3.85. The van der Waals surface area contributed by atoms with Crippen LogP contribution < -0.4 is 5.73 Å².